The highest BCUT2D eigenvalue weighted by molar-refractivity contribution is 8.82. The average Bonchev–Trinajstić information content (AvgIpc) is 1.68. The van der Waals surface area contributed by atoms with Gasteiger partial charge in [0.1, 0.15) is 6.55 Å². The summed E-state index contributed by atoms with van der Waals surface area (Å²) in [4.78, 5) is 0. The summed E-state index contributed by atoms with van der Waals surface area (Å²) in [6.45, 7) is 4.40. The highest BCUT2D eigenvalue weighted by atomic mass is 33.1. The van der Waals surface area contributed by atoms with Gasteiger partial charge in [0.15, 0.2) is 0 Å². The average molecular weight is 170 g/mol. The summed E-state index contributed by atoms with van der Waals surface area (Å²) in [5, 5.41) is 0. The largest absolute Gasteiger partial charge is 0.339 e. The van der Waals surface area contributed by atoms with Crippen LogP contribution in [-0.4, -0.2) is 12.4 Å². The molecule has 0 amide bonds. The van der Waals surface area contributed by atoms with Gasteiger partial charge in [-0.05, 0) is 12.7 Å². The fourth-order valence-electron chi connectivity index (χ4n) is 0.258. The monoisotopic (exact) mass is 170 g/mol. The first-order valence-corrected chi connectivity index (χ1v) is 6.56. The molecule has 0 saturated heterocycles. The molecule has 0 aliphatic heterocycles. The first-order chi connectivity index (χ1) is 3.81. The Morgan fingerprint density at radius 3 is 2.62 bits per heavy atom. The van der Waals surface area contributed by atoms with Gasteiger partial charge in [0.2, 0.25) is 0 Å². The summed E-state index contributed by atoms with van der Waals surface area (Å²) in [5.41, 5.74) is 0. The van der Waals surface area contributed by atoms with Crippen LogP contribution < -0.4 is 0 Å². The van der Waals surface area contributed by atoms with Crippen molar-refractivity contribution in [2.24, 2.45) is 0 Å². The van der Waals surface area contributed by atoms with E-state index in [1.165, 1.54) is 0 Å². The van der Waals surface area contributed by atoms with Crippen molar-refractivity contribution in [3.05, 3.63) is 0 Å². The van der Waals surface area contributed by atoms with Gasteiger partial charge >= 0.3 is 0 Å². The lowest BCUT2D eigenvalue weighted by Crippen LogP contribution is -1.74. The minimum Gasteiger partial charge on any atom is -0.339 e. The van der Waals surface area contributed by atoms with Crippen LogP contribution in [0.5, 0.6) is 0 Å². The van der Waals surface area contributed by atoms with Gasteiger partial charge in [-0.25, -0.2) is 0 Å². The van der Waals surface area contributed by atoms with E-state index in [4.69, 9.17) is 4.52 Å². The smallest absolute Gasteiger partial charge is 0.148 e. The van der Waals surface area contributed by atoms with E-state index in [-0.39, 0.29) is 0 Å². The number of rotatable bonds is 4. The quantitative estimate of drug-likeness (QED) is 0.513. The minimum atomic E-state index is -0.470. The molecule has 8 heavy (non-hydrogen) atoms. The van der Waals surface area contributed by atoms with Crippen molar-refractivity contribution in [2.75, 3.05) is 12.4 Å². The summed E-state index contributed by atoms with van der Waals surface area (Å²) in [5.74, 6) is 1.09. The maximum atomic E-state index is 5.17. The van der Waals surface area contributed by atoms with Crippen molar-refractivity contribution in [1.29, 1.82) is 0 Å². The third-order valence-electron chi connectivity index (χ3n) is 0.479. The maximum Gasteiger partial charge on any atom is 0.148 e. The molecule has 0 rings (SSSR count). The molecule has 0 aliphatic rings. The van der Waals surface area contributed by atoms with Gasteiger partial charge in [0, 0.05) is 0 Å². The summed E-state index contributed by atoms with van der Waals surface area (Å²) in [7, 11) is 0. The van der Waals surface area contributed by atoms with Crippen LogP contribution in [0.2, 0.25) is 0 Å². The van der Waals surface area contributed by atoms with Crippen LogP contribution in [0, 0.1) is 0 Å². The molecule has 0 N–H and O–H groups in total. The lowest BCUT2D eigenvalue weighted by Gasteiger charge is -2.05. The molecule has 0 aromatic rings. The van der Waals surface area contributed by atoms with Gasteiger partial charge in [0.05, 0.1) is 6.61 Å². The molecule has 0 bridgehead atoms. The van der Waals surface area contributed by atoms with Gasteiger partial charge in [-0.2, -0.15) is 0 Å². The van der Waals surface area contributed by atoms with Crippen LogP contribution in [0.15, 0.2) is 0 Å². The molecule has 0 aliphatic carbocycles. The number of hydrogen-bond donors (Lipinski definition) is 1. The van der Waals surface area contributed by atoms with Crippen molar-refractivity contribution < 1.29 is 4.52 Å². The Bertz CT molecular complexity index is 47.3. The van der Waals surface area contributed by atoms with E-state index < -0.39 is 6.55 Å². The minimum absolute atomic E-state index is 0.470. The molecule has 0 saturated carbocycles. The van der Waals surface area contributed by atoms with Crippen molar-refractivity contribution in [2.45, 2.75) is 13.8 Å². The summed E-state index contributed by atoms with van der Waals surface area (Å²) in [6.07, 6.45) is 0. The predicted octanol–water partition coefficient (Wildman–Crippen LogP) is 2.93. The first-order valence-electron chi connectivity index (χ1n) is 2.56. The summed E-state index contributed by atoms with van der Waals surface area (Å²) < 4.78 is 5.17. The highest BCUT2D eigenvalue weighted by Gasteiger charge is 1.97. The zero-order chi connectivity index (χ0) is 6.41. The summed E-state index contributed by atoms with van der Waals surface area (Å²) >= 11 is 5.96. The Morgan fingerprint density at radius 1 is 1.62 bits per heavy atom. The van der Waals surface area contributed by atoms with Gasteiger partial charge in [-0.1, -0.05) is 18.3 Å². The highest BCUT2D eigenvalue weighted by Crippen LogP contribution is 2.54. The Kier molecular flexibility index (Phi) is 7.06. The Hall–Kier alpha value is 1.09. The van der Waals surface area contributed by atoms with Gasteiger partial charge in [0.25, 0.3) is 0 Å². The molecule has 0 heterocycles. The molecule has 0 aromatic carbocycles. The topological polar surface area (TPSA) is 9.23 Å². The molecular formula is C4H11OPS2. The van der Waals surface area contributed by atoms with Gasteiger partial charge < -0.3 is 4.52 Å². The number of hydrogen-bond acceptors (Lipinski definition) is 3. The van der Waals surface area contributed by atoms with Crippen molar-refractivity contribution in [3.63, 3.8) is 0 Å². The van der Waals surface area contributed by atoms with E-state index in [9.17, 15) is 0 Å². The van der Waals surface area contributed by atoms with Crippen LogP contribution in [-0.2, 0) is 4.52 Å². The maximum absolute atomic E-state index is 5.17. The third kappa shape index (κ3) is 5.23. The van der Waals surface area contributed by atoms with E-state index in [0.717, 1.165) is 12.4 Å². The molecule has 0 fully saturated rings. The van der Waals surface area contributed by atoms with Crippen LogP contribution >= 0.6 is 30.2 Å². The molecule has 1 unspecified atom stereocenters. The fraction of sp³-hybridized carbons (Fsp3) is 1.00. The van der Waals surface area contributed by atoms with Crippen LogP contribution in [0.1, 0.15) is 13.8 Å². The van der Waals surface area contributed by atoms with E-state index in [1.54, 1.807) is 11.4 Å². The van der Waals surface area contributed by atoms with E-state index in [1.807, 2.05) is 6.92 Å². The molecule has 1 atom stereocenters. The van der Waals surface area contributed by atoms with Gasteiger partial charge in [-0.3, -0.25) is 0 Å². The molecule has 0 radical (unpaired) electrons. The summed E-state index contributed by atoms with van der Waals surface area (Å²) in [6, 6.07) is 0. The van der Waals surface area contributed by atoms with Gasteiger partial charge in [-0.15, -0.1) is 12.2 Å². The van der Waals surface area contributed by atoms with Crippen LogP contribution in [0.3, 0.4) is 0 Å². The molecule has 0 spiro atoms. The Morgan fingerprint density at radius 2 is 2.25 bits per heavy atom. The Balaban J connectivity index is 2.92. The lowest BCUT2D eigenvalue weighted by molar-refractivity contribution is 0.395. The fourth-order valence-corrected chi connectivity index (χ4v) is 3.36. The normalized spacial score (nSPS) is 13.9. The van der Waals surface area contributed by atoms with Crippen LogP contribution in [0.25, 0.3) is 0 Å². The molecule has 1 nitrogen and oxygen atoms in total. The Labute approximate surface area is 61.3 Å². The third-order valence-corrected chi connectivity index (χ3v) is 4.58. The lowest BCUT2D eigenvalue weighted by atomic mass is 10.9. The molecular weight excluding hydrogens is 159 g/mol. The molecule has 0 aromatic heterocycles. The van der Waals surface area contributed by atoms with Crippen molar-refractivity contribution in [1.82, 2.24) is 0 Å². The number of thiol groups is 1. The predicted molar refractivity (Wildman–Crippen MR) is 45.7 cm³/mol. The SMILES string of the molecule is CCOP(S)SCC. The molecule has 4 heteroatoms. The second-order valence-electron chi connectivity index (χ2n) is 1.07. The van der Waals surface area contributed by atoms with E-state index in [2.05, 4.69) is 19.2 Å². The standard InChI is InChI=1S/C4H11OPS2/c1-3-5-6(7)8-4-2/h7H,3-4H2,1-2H3. The zero-order valence-corrected chi connectivity index (χ0v) is 7.73. The van der Waals surface area contributed by atoms with Crippen LogP contribution in [0.4, 0.5) is 0 Å². The second kappa shape index (κ2) is 6.21. The van der Waals surface area contributed by atoms with Crippen molar-refractivity contribution >= 4 is 30.2 Å². The van der Waals surface area contributed by atoms with E-state index in [0.29, 0.717) is 0 Å². The second-order valence-corrected chi connectivity index (χ2v) is 6.31. The molecule has 50 valence electrons. The first kappa shape index (κ1) is 9.09. The van der Waals surface area contributed by atoms with Crippen molar-refractivity contribution in [3.8, 4) is 0 Å². The zero-order valence-electron chi connectivity index (χ0n) is 5.13. The van der Waals surface area contributed by atoms with E-state index >= 15 is 0 Å².